The van der Waals surface area contributed by atoms with Crippen LogP contribution < -0.4 is 19.7 Å². The van der Waals surface area contributed by atoms with Crippen LogP contribution in [0.4, 0.5) is 5.69 Å². The Balaban J connectivity index is 1.83. The minimum absolute atomic E-state index is 0.0776. The molecule has 0 spiro atoms. The normalized spacial score (nSPS) is 18.5. The third-order valence-electron chi connectivity index (χ3n) is 4.75. The number of ether oxygens (including phenoxy) is 2. The van der Waals surface area contributed by atoms with Gasteiger partial charge in [-0.2, -0.15) is 0 Å². The maximum atomic E-state index is 12.6. The molecule has 128 valence electrons. The first-order valence-electron chi connectivity index (χ1n) is 8.09. The number of hydrogen-bond donors (Lipinski definition) is 1. The summed E-state index contributed by atoms with van der Waals surface area (Å²) in [6.07, 6.45) is 0.0740. The molecule has 0 aliphatic carbocycles. The molecular weight excluding hydrogens is 320 g/mol. The lowest BCUT2D eigenvalue weighted by atomic mass is 9.92. The Morgan fingerprint density at radius 1 is 1.04 bits per heavy atom. The lowest BCUT2D eigenvalue weighted by Gasteiger charge is -2.42. The van der Waals surface area contributed by atoms with E-state index in [-0.39, 0.29) is 17.9 Å². The highest BCUT2D eigenvalue weighted by Gasteiger charge is 2.37. The fourth-order valence-electron chi connectivity index (χ4n) is 3.55. The number of amides is 1. The first kappa shape index (κ1) is 15.5. The summed E-state index contributed by atoms with van der Waals surface area (Å²) in [5.41, 5.74) is 2.76. The number of Topliss-reactive ketones (excluding diaryl/α,β-unsaturated/α-hetero) is 1. The molecule has 6 heteroatoms. The number of nitrogens with zero attached hydrogens (tertiary/aromatic N) is 1. The number of benzene rings is 2. The summed E-state index contributed by atoms with van der Waals surface area (Å²) in [7, 11) is 3.16. The summed E-state index contributed by atoms with van der Waals surface area (Å²) < 4.78 is 10.7. The zero-order valence-corrected chi connectivity index (χ0v) is 14.0. The summed E-state index contributed by atoms with van der Waals surface area (Å²) in [4.78, 5) is 26.9. The van der Waals surface area contributed by atoms with Crippen molar-refractivity contribution in [2.24, 2.45) is 0 Å². The maximum absolute atomic E-state index is 12.6. The number of rotatable bonds is 3. The minimum Gasteiger partial charge on any atom is -0.493 e. The topological polar surface area (TPSA) is 67.9 Å². The fraction of sp³-hybridized carbons (Fsp3) is 0.263. The van der Waals surface area contributed by atoms with E-state index in [9.17, 15) is 9.59 Å². The van der Waals surface area contributed by atoms with Gasteiger partial charge < -0.3 is 19.7 Å². The molecule has 2 aliphatic rings. The fourth-order valence-corrected chi connectivity index (χ4v) is 3.55. The first-order chi connectivity index (χ1) is 12.1. The van der Waals surface area contributed by atoms with Crippen LogP contribution in [0.3, 0.4) is 0 Å². The van der Waals surface area contributed by atoms with Crippen LogP contribution in [0.2, 0.25) is 0 Å². The molecule has 1 amide bonds. The Labute approximate surface area is 145 Å². The van der Waals surface area contributed by atoms with Crippen LogP contribution in [-0.4, -0.2) is 32.5 Å². The monoisotopic (exact) mass is 338 g/mol. The van der Waals surface area contributed by atoms with Crippen LogP contribution in [0, 0.1) is 0 Å². The molecule has 25 heavy (non-hydrogen) atoms. The number of para-hydroxylation sites is 1. The number of anilines is 1. The largest absolute Gasteiger partial charge is 0.493 e. The standard InChI is InChI=1S/C19H18N2O4/c1-24-15-7-6-11(10-16(15)25-2)18-20-19(23)13-5-3-4-12-14(22)8-9-21(18)17(12)13/h3-7,10,18H,8-9H2,1-2H3,(H,20,23). The molecule has 1 N–H and O–H groups in total. The zero-order valence-electron chi connectivity index (χ0n) is 14.0. The van der Waals surface area contributed by atoms with Crippen molar-refractivity contribution in [3.63, 3.8) is 0 Å². The highest BCUT2D eigenvalue weighted by atomic mass is 16.5. The van der Waals surface area contributed by atoms with Crippen LogP contribution in [0.5, 0.6) is 11.5 Å². The average molecular weight is 338 g/mol. The molecule has 6 nitrogen and oxygen atoms in total. The maximum Gasteiger partial charge on any atom is 0.255 e. The lowest BCUT2D eigenvalue weighted by molar-refractivity contribution is 0.0921. The predicted octanol–water partition coefficient (Wildman–Crippen LogP) is 2.54. The average Bonchev–Trinajstić information content (AvgIpc) is 2.65. The van der Waals surface area contributed by atoms with Crippen molar-refractivity contribution in [3.05, 3.63) is 53.1 Å². The molecule has 2 aromatic carbocycles. The van der Waals surface area contributed by atoms with E-state index < -0.39 is 0 Å². The van der Waals surface area contributed by atoms with E-state index in [1.54, 1.807) is 32.4 Å². The second-order valence-electron chi connectivity index (χ2n) is 6.06. The van der Waals surface area contributed by atoms with Gasteiger partial charge in [0.1, 0.15) is 6.17 Å². The van der Waals surface area contributed by atoms with Gasteiger partial charge in [-0.15, -0.1) is 0 Å². The van der Waals surface area contributed by atoms with Crippen LogP contribution in [-0.2, 0) is 0 Å². The van der Waals surface area contributed by atoms with Crippen molar-refractivity contribution < 1.29 is 19.1 Å². The number of nitrogens with one attached hydrogen (secondary N) is 1. The molecule has 1 unspecified atom stereocenters. The molecule has 4 rings (SSSR count). The van der Waals surface area contributed by atoms with Gasteiger partial charge in [-0.25, -0.2) is 0 Å². The van der Waals surface area contributed by atoms with Crippen molar-refractivity contribution in [2.45, 2.75) is 12.6 Å². The van der Waals surface area contributed by atoms with Gasteiger partial charge in [-0.1, -0.05) is 12.1 Å². The van der Waals surface area contributed by atoms with Crippen LogP contribution in [0.1, 0.15) is 38.9 Å². The second kappa shape index (κ2) is 5.81. The third-order valence-corrected chi connectivity index (χ3v) is 4.75. The summed E-state index contributed by atoms with van der Waals surface area (Å²) in [5, 5.41) is 3.03. The Kier molecular flexibility index (Phi) is 3.60. The number of carbonyl (C=O) groups excluding carboxylic acids is 2. The quantitative estimate of drug-likeness (QED) is 0.931. The van der Waals surface area contributed by atoms with E-state index in [0.29, 0.717) is 35.6 Å². The Morgan fingerprint density at radius 3 is 2.56 bits per heavy atom. The van der Waals surface area contributed by atoms with E-state index in [4.69, 9.17) is 9.47 Å². The highest BCUT2D eigenvalue weighted by Crippen LogP contribution is 2.40. The Hall–Kier alpha value is -3.02. The Morgan fingerprint density at radius 2 is 1.80 bits per heavy atom. The highest BCUT2D eigenvalue weighted by molar-refractivity contribution is 6.11. The summed E-state index contributed by atoms with van der Waals surface area (Å²) in [6, 6.07) is 10.9. The lowest BCUT2D eigenvalue weighted by Crippen LogP contribution is -2.49. The minimum atomic E-state index is -0.353. The molecule has 0 saturated heterocycles. The van der Waals surface area contributed by atoms with E-state index in [1.807, 2.05) is 18.2 Å². The molecule has 0 radical (unpaired) electrons. The predicted molar refractivity (Wildman–Crippen MR) is 92.5 cm³/mol. The second-order valence-corrected chi connectivity index (χ2v) is 6.06. The molecule has 2 aromatic rings. The van der Waals surface area contributed by atoms with E-state index in [0.717, 1.165) is 11.3 Å². The van der Waals surface area contributed by atoms with Gasteiger partial charge in [0.2, 0.25) is 0 Å². The van der Waals surface area contributed by atoms with E-state index in [2.05, 4.69) is 10.2 Å². The van der Waals surface area contributed by atoms with Gasteiger partial charge in [-0.05, 0) is 29.8 Å². The molecule has 2 heterocycles. The van der Waals surface area contributed by atoms with Crippen LogP contribution in [0.15, 0.2) is 36.4 Å². The number of carbonyl (C=O) groups is 2. The molecule has 0 bridgehead atoms. The molecule has 2 aliphatic heterocycles. The summed E-state index contributed by atoms with van der Waals surface area (Å²) in [5.74, 6) is 1.13. The van der Waals surface area contributed by atoms with Gasteiger partial charge in [0.05, 0.1) is 25.5 Å². The van der Waals surface area contributed by atoms with Gasteiger partial charge in [0, 0.05) is 18.5 Å². The van der Waals surface area contributed by atoms with Crippen LogP contribution in [0.25, 0.3) is 0 Å². The summed E-state index contributed by atoms with van der Waals surface area (Å²) >= 11 is 0. The van der Waals surface area contributed by atoms with Crippen molar-refractivity contribution in [2.75, 3.05) is 25.7 Å². The molecular formula is C19H18N2O4. The number of methoxy groups -OCH3 is 2. The van der Waals surface area contributed by atoms with Crippen LogP contribution >= 0.6 is 0 Å². The summed E-state index contributed by atoms with van der Waals surface area (Å²) in [6.45, 7) is 0.558. The van der Waals surface area contributed by atoms with Crippen molar-refractivity contribution in [1.82, 2.24) is 5.32 Å². The smallest absolute Gasteiger partial charge is 0.255 e. The molecule has 0 fully saturated rings. The molecule has 1 atom stereocenters. The first-order valence-corrected chi connectivity index (χ1v) is 8.09. The van der Waals surface area contributed by atoms with Crippen molar-refractivity contribution in [1.29, 1.82) is 0 Å². The zero-order chi connectivity index (χ0) is 17.6. The Bertz CT molecular complexity index is 863. The van der Waals surface area contributed by atoms with Gasteiger partial charge >= 0.3 is 0 Å². The van der Waals surface area contributed by atoms with Gasteiger partial charge in [-0.3, -0.25) is 9.59 Å². The van der Waals surface area contributed by atoms with Crippen molar-refractivity contribution in [3.8, 4) is 11.5 Å². The molecule has 0 saturated carbocycles. The number of hydrogen-bond acceptors (Lipinski definition) is 5. The SMILES string of the molecule is COc1ccc(C2NC(=O)c3cccc4c3N2CCC4=O)cc1OC. The number of ketones is 1. The molecule has 0 aromatic heterocycles. The van der Waals surface area contributed by atoms with Crippen molar-refractivity contribution >= 4 is 17.4 Å². The third kappa shape index (κ3) is 2.33. The van der Waals surface area contributed by atoms with E-state index >= 15 is 0 Å². The van der Waals surface area contributed by atoms with Gasteiger partial charge in [0.15, 0.2) is 17.3 Å². The van der Waals surface area contributed by atoms with Gasteiger partial charge in [0.25, 0.3) is 5.91 Å². The van der Waals surface area contributed by atoms with E-state index in [1.165, 1.54) is 0 Å².